The number of amides is 2. The molecule has 0 aromatic heterocycles. The highest BCUT2D eigenvalue weighted by molar-refractivity contribution is 5.97. The first kappa shape index (κ1) is 71.2. The number of allylic oxidation sites excluding steroid dienone is 1. The lowest BCUT2D eigenvalue weighted by molar-refractivity contribution is -0.346. The van der Waals surface area contributed by atoms with E-state index in [2.05, 4.69) is 51.3 Å². The minimum atomic E-state index is -2.51. The number of ketones is 1. The number of rotatable bonds is 21. The maximum Gasteiger partial charge on any atom is 0.350 e. The number of fused-ring (bicyclic) bond motifs is 10. The zero-order valence-electron chi connectivity index (χ0n) is 58.2. The fourth-order valence-electron chi connectivity index (χ4n) is 19.7. The van der Waals surface area contributed by atoms with Gasteiger partial charge >= 0.3 is 29.8 Å². The van der Waals surface area contributed by atoms with Gasteiger partial charge < -0.3 is 54.0 Å². The summed E-state index contributed by atoms with van der Waals surface area (Å²) >= 11 is 0. The van der Waals surface area contributed by atoms with Gasteiger partial charge in [-0.3, -0.25) is 28.8 Å². The Morgan fingerprint density at radius 3 is 2.08 bits per heavy atom. The van der Waals surface area contributed by atoms with Gasteiger partial charge in [-0.2, -0.15) is 0 Å². The van der Waals surface area contributed by atoms with Crippen LogP contribution >= 0.6 is 0 Å². The Hall–Kier alpha value is -7.06. The van der Waals surface area contributed by atoms with E-state index in [0.717, 1.165) is 56.8 Å². The number of ether oxygens (including phenoxy) is 7. The number of carbonyl (C=O) groups excluding carboxylic acids is 8. The first-order valence-electron chi connectivity index (χ1n) is 35.3. The minimum absolute atomic E-state index is 0.0345. The van der Waals surface area contributed by atoms with Crippen LogP contribution in [0.4, 0.5) is 0 Å². The number of nitrogens with one attached hydrogen (secondary N) is 2. The molecule has 97 heavy (non-hydrogen) atoms. The number of benzene rings is 3. The van der Waals surface area contributed by atoms with Gasteiger partial charge in [0.15, 0.2) is 17.5 Å². The number of aliphatic hydroxyl groups excluding tert-OH is 1. The van der Waals surface area contributed by atoms with Crippen molar-refractivity contribution < 1.29 is 81.7 Å². The van der Waals surface area contributed by atoms with Crippen LogP contribution < -0.4 is 10.6 Å². The highest BCUT2D eigenvalue weighted by Crippen LogP contribution is 2.68. The van der Waals surface area contributed by atoms with Gasteiger partial charge in [0.2, 0.25) is 12.0 Å². The van der Waals surface area contributed by atoms with Crippen LogP contribution in [0.5, 0.6) is 0 Å². The van der Waals surface area contributed by atoms with Crippen LogP contribution in [0.3, 0.4) is 0 Å². The second-order valence-corrected chi connectivity index (χ2v) is 31.1. The maximum absolute atomic E-state index is 16.0. The van der Waals surface area contributed by atoms with Gasteiger partial charge in [0.25, 0.3) is 5.91 Å². The lowest BCUT2D eigenvalue weighted by Gasteiger charge is -2.67. The van der Waals surface area contributed by atoms with E-state index in [-0.39, 0.29) is 59.0 Å². The summed E-state index contributed by atoms with van der Waals surface area (Å²) in [5.41, 5.74) is -5.86. The highest BCUT2D eigenvalue weighted by atomic mass is 16.6. The Morgan fingerprint density at radius 1 is 0.773 bits per heavy atom. The molecule has 5 saturated carbocycles. The molecule has 2 bridgehead atoms. The average Bonchev–Trinajstić information content (AvgIpc) is 1.08. The third-order valence-electron chi connectivity index (χ3n) is 24.9. The normalized spacial score (nSPS) is 34.7. The van der Waals surface area contributed by atoms with E-state index in [9.17, 15) is 39.0 Å². The Kier molecular flexibility index (Phi) is 20.5. The average molecular weight is 1340 g/mol. The standard InChI is InChI=1S/C78H100N2O17/c1-44(2)22-21-23-45(3)55-32-33-56-54-31-30-52-38-53(34-36-74(52,9)57(54)35-37-75(55,56)10)91-42-61(84)79-41-62(85)95-66(64(49-24-15-12-16-25-49)80-70(87)50-26-17-13-18-27-50)72(89)94-58-40-78(90)69(96-71(88)51-28-19-14-20-29-51)67-76(11,59(83)39-60-77(67,43-92-60)97-48(6)82)68(86)65(93-47(5)81)63(46(58)4)73(78,7)8/h12-20,24-30,44-45,53-60,64-67,69,83,90H,21-23,31-43H2,1-11H3,(H,79,84)(H,80,87)/t45-,53+,54?,55-,56?,57?,58+,59+,60-,64+,65-,66-,67+,69+,74+,75-,76-,77+,78-/m1/s1. The molecule has 1 heterocycles. The second kappa shape index (κ2) is 27.9. The van der Waals surface area contributed by atoms with Crippen molar-refractivity contribution in [2.45, 2.75) is 220 Å². The topological polar surface area (TPSA) is 266 Å². The molecule has 3 aromatic rings. The zero-order chi connectivity index (χ0) is 69.7. The Bertz CT molecular complexity index is 3540. The van der Waals surface area contributed by atoms with Crippen LogP contribution in [-0.4, -0.2) is 131 Å². The molecule has 3 aromatic carbocycles. The number of esters is 5. The van der Waals surface area contributed by atoms with Crippen LogP contribution in [0.15, 0.2) is 114 Å². The van der Waals surface area contributed by atoms with Crippen molar-refractivity contribution in [3.05, 3.63) is 130 Å². The summed E-state index contributed by atoms with van der Waals surface area (Å²) in [6.07, 6.45) is 3.72. The minimum Gasteiger partial charge on any atom is -0.455 e. The lowest BCUT2D eigenvalue weighted by Crippen LogP contribution is -2.82. The van der Waals surface area contributed by atoms with Crippen molar-refractivity contribution in [3.8, 4) is 0 Å². The van der Waals surface area contributed by atoms with E-state index >= 15 is 9.59 Å². The van der Waals surface area contributed by atoms with Crippen molar-refractivity contribution in [1.82, 2.24) is 10.6 Å². The predicted octanol–water partition coefficient (Wildman–Crippen LogP) is 10.8. The summed E-state index contributed by atoms with van der Waals surface area (Å²) in [6.45, 7) is 19.0. The van der Waals surface area contributed by atoms with E-state index in [1.807, 2.05) is 0 Å². The molecule has 524 valence electrons. The monoisotopic (exact) mass is 1340 g/mol. The Balaban J connectivity index is 0.860. The summed E-state index contributed by atoms with van der Waals surface area (Å²) < 4.78 is 43.7. The quantitative estimate of drug-likeness (QED) is 0.0439. The zero-order valence-corrected chi connectivity index (χ0v) is 58.2. The van der Waals surface area contributed by atoms with Gasteiger partial charge in [-0.25, -0.2) is 9.59 Å². The molecule has 7 aliphatic carbocycles. The molecular formula is C78H100N2O17. The third-order valence-corrected chi connectivity index (χ3v) is 24.9. The molecule has 2 amide bonds. The van der Waals surface area contributed by atoms with E-state index in [4.69, 9.17) is 33.2 Å². The van der Waals surface area contributed by atoms with Gasteiger partial charge in [-0.05, 0) is 153 Å². The summed E-state index contributed by atoms with van der Waals surface area (Å²) in [4.78, 5) is 116. The van der Waals surface area contributed by atoms with E-state index in [1.165, 1.54) is 76.5 Å². The third kappa shape index (κ3) is 13.2. The molecular weight excluding hydrogens is 1240 g/mol. The van der Waals surface area contributed by atoms with Gasteiger partial charge in [-0.15, -0.1) is 0 Å². The predicted molar refractivity (Wildman–Crippen MR) is 357 cm³/mol. The van der Waals surface area contributed by atoms with Crippen molar-refractivity contribution in [2.75, 3.05) is 19.8 Å². The fourth-order valence-corrected chi connectivity index (χ4v) is 19.7. The van der Waals surface area contributed by atoms with E-state index in [0.29, 0.717) is 23.7 Å². The van der Waals surface area contributed by atoms with Crippen LogP contribution in [-0.2, 0) is 61.9 Å². The lowest BCUT2D eigenvalue weighted by atomic mass is 9.44. The number of Topliss-reactive ketones (excluding diaryl/α,β-unsaturated/α-hetero) is 1. The number of aliphatic hydroxyl groups is 2. The van der Waals surface area contributed by atoms with Crippen LogP contribution in [0, 0.1) is 63.1 Å². The van der Waals surface area contributed by atoms with Gasteiger partial charge in [0.05, 0.1) is 35.7 Å². The second-order valence-electron chi connectivity index (χ2n) is 31.1. The molecule has 0 radical (unpaired) electrons. The SMILES string of the molecule is CC(=O)O[C@H]1C(=O)[C@@]2(C)[C@H]([C@H](OC(=O)c3ccccc3)[C@]3(O)C[C@H](OC(=O)[C@H](OC(=O)CNC(=O)CO[C@H]4CC[C@@]5(C)C(=CCC6C5CC[C@@]5(C)C6CC[C@@H]5[C@H](C)CCCC(C)C)C4)[C@@H](NC(=O)c4ccccc4)c4ccccc4)C(C)=C1C3(C)C)[C@]1(OC(C)=O)CO[C@@H]1C[C@@H]2O. The molecule has 3 unspecified atom stereocenters. The molecule has 19 heteroatoms. The van der Waals surface area contributed by atoms with E-state index < -0.39 is 131 Å². The first-order chi connectivity index (χ1) is 46.0. The van der Waals surface area contributed by atoms with Gasteiger partial charge in [0.1, 0.15) is 43.1 Å². The van der Waals surface area contributed by atoms with Crippen molar-refractivity contribution >= 4 is 47.4 Å². The van der Waals surface area contributed by atoms with Gasteiger partial charge in [-0.1, -0.05) is 146 Å². The number of carbonyl (C=O) groups is 8. The highest BCUT2D eigenvalue weighted by Gasteiger charge is 2.78. The summed E-state index contributed by atoms with van der Waals surface area (Å²) in [5, 5.41) is 32.0. The molecule has 11 rings (SSSR count). The van der Waals surface area contributed by atoms with Crippen LogP contribution in [0.1, 0.15) is 192 Å². The smallest absolute Gasteiger partial charge is 0.350 e. The summed E-state index contributed by atoms with van der Waals surface area (Å²) in [6, 6.07) is 22.7. The van der Waals surface area contributed by atoms with Crippen LogP contribution in [0.25, 0.3) is 0 Å². The number of hydrogen-bond donors (Lipinski definition) is 4. The molecule has 8 aliphatic rings. The van der Waals surface area contributed by atoms with Crippen molar-refractivity contribution in [1.29, 1.82) is 0 Å². The molecule has 1 aliphatic heterocycles. The number of hydrogen-bond acceptors (Lipinski definition) is 17. The summed E-state index contributed by atoms with van der Waals surface area (Å²) in [5.74, 6) is -4.66. The van der Waals surface area contributed by atoms with Gasteiger partial charge in [0, 0.05) is 37.7 Å². The largest absolute Gasteiger partial charge is 0.455 e. The summed E-state index contributed by atoms with van der Waals surface area (Å²) in [7, 11) is 0. The molecule has 4 N–H and O–H groups in total. The molecule has 0 spiro atoms. The first-order valence-corrected chi connectivity index (χ1v) is 35.3. The Morgan fingerprint density at radius 2 is 1.44 bits per heavy atom. The molecule has 1 saturated heterocycles. The van der Waals surface area contributed by atoms with Crippen molar-refractivity contribution in [3.63, 3.8) is 0 Å². The van der Waals surface area contributed by atoms with Crippen molar-refractivity contribution in [2.24, 2.45) is 63.1 Å². The van der Waals surface area contributed by atoms with Crippen LogP contribution in [0.2, 0.25) is 0 Å². The van der Waals surface area contributed by atoms with E-state index in [1.54, 1.807) is 92.7 Å². The molecule has 19 atom stereocenters. The fraction of sp³-hybridized carbons (Fsp3) is 0.615. The maximum atomic E-state index is 16.0. The molecule has 6 fully saturated rings. The Labute approximate surface area is 570 Å². The molecule has 19 nitrogen and oxygen atoms in total.